The van der Waals surface area contributed by atoms with Gasteiger partial charge in [-0.05, 0) is 35.7 Å². The summed E-state index contributed by atoms with van der Waals surface area (Å²) < 4.78 is 11.5. The lowest BCUT2D eigenvalue weighted by Gasteiger charge is -2.14. The van der Waals surface area contributed by atoms with Gasteiger partial charge >= 0.3 is 11.9 Å². The van der Waals surface area contributed by atoms with Gasteiger partial charge in [-0.15, -0.1) is 0 Å². The average molecular weight is 424 g/mol. The minimum Gasteiger partial charge on any atom is -0.422 e. The van der Waals surface area contributed by atoms with Crippen molar-refractivity contribution in [3.05, 3.63) is 96.1 Å². The molecule has 0 unspecified atom stereocenters. The third-order valence-corrected chi connectivity index (χ3v) is 5.47. The Labute approximate surface area is 187 Å². The highest BCUT2D eigenvalue weighted by Gasteiger charge is 2.23. The molecule has 0 aliphatic carbocycles. The second kappa shape index (κ2) is 9.48. The Kier molecular flexibility index (Phi) is 6.31. The van der Waals surface area contributed by atoms with Crippen molar-refractivity contribution in [3.63, 3.8) is 0 Å². The van der Waals surface area contributed by atoms with E-state index in [-0.39, 0.29) is 0 Å². The van der Waals surface area contributed by atoms with E-state index in [1.807, 2.05) is 86.6 Å². The fraction of sp³-hybridized carbons (Fsp3) is 0.143. The number of hydrogen-bond acceptors (Lipinski definition) is 4. The molecule has 0 aliphatic rings. The molecular formula is C28H24O4. The second-order valence-corrected chi connectivity index (χ2v) is 7.40. The summed E-state index contributed by atoms with van der Waals surface area (Å²) in [6.45, 7) is 3.67. The molecular weight excluding hydrogens is 400 g/mol. The number of hydrogen-bond donors (Lipinski definition) is 0. The molecule has 0 aromatic heterocycles. The van der Waals surface area contributed by atoms with Crippen molar-refractivity contribution < 1.29 is 19.1 Å². The number of ether oxygens (including phenoxy) is 2. The van der Waals surface area contributed by atoms with Crippen LogP contribution in [0.25, 0.3) is 21.5 Å². The number of carbonyl (C=O) groups is 2. The molecule has 4 aromatic rings. The van der Waals surface area contributed by atoms with Crippen LogP contribution in [0.15, 0.2) is 96.1 Å². The van der Waals surface area contributed by atoms with Gasteiger partial charge < -0.3 is 9.47 Å². The predicted octanol–water partition coefficient (Wildman–Crippen LogP) is 6.62. The van der Waals surface area contributed by atoms with E-state index in [0.717, 1.165) is 21.5 Å². The first-order valence-corrected chi connectivity index (χ1v) is 10.7. The van der Waals surface area contributed by atoms with Gasteiger partial charge in [0, 0.05) is 21.9 Å². The molecule has 0 atom stereocenters. The number of carbonyl (C=O) groups excluding carboxylic acids is 2. The minimum absolute atomic E-state index is 0.325. The highest BCUT2D eigenvalue weighted by atomic mass is 16.5. The van der Waals surface area contributed by atoms with Crippen LogP contribution in [0.3, 0.4) is 0 Å². The van der Waals surface area contributed by atoms with E-state index in [1.165, 1.54) is 0 Å². The van der Waals surface area contributed by atoms with Crippen molar-refractivity contribution in [3.8, 4) is 11.5 Å². The van der Waals surface area contributed by atoms with Crippen molar-refractivity contribution in [2.24, 2.45) is 0 Å². The van der Waals surface area contributed by atoms with Crippen LogP contribution in [-0.4, -0.2) is 11.9 Å². The van der Waals surface area contributed by atoms with E-state index in [0.29, 0.717) is 35.5 Å². The topological polar surface area (TPSA) is 52.6 Å². The van der Waals surface area contributed by atoms with Crippen LogP contribution < -0.4 is 9.47 Å². The van der Waals surface area contributed by atoms with E-state index >= 15 is 0 Å². The maximum Gasteiger partial charge on any atom is 0.339 e. The maximum absolute atomic E-state index is 13.1. The predicted molar refractivity (Wildman–Crippen MR) is 127 cm³/mol. The standard InChI is InChI=1S/C28H24O4/c1-3-21(27(29)31-25-17-9-13-19-11-5-7-15-23(19)25)22(4-2)28(30)32-26-18-10-14-20-12-6-8-16-24(20)26/h5-18H,3-4H2,1-2H3/b22-21+. The molecule has 0 heterocycles. The average Bonchev–Trinajstić information content (AvgIpc) is 2.82. The molecule has 0 fully saturated rings. The molecule has 4 nitrogen and oxygen atoms in total. The Bertz CT molecular complexity index is 1220. The monoisotopic (exact) mass is 424 g/mol. The number of rotatable bonds is 6. The van der Waals surface area contributed by atoms with Crippen molar-refractivity contribution in [1.82, 2.24) is 0 Å². The molecule has 4 heteroatoms. The zero-order valence-electron chi connectivity index (χ0n) is 18.1. The van der Waals surface area contributed by atoms with Crippen LogP contribution in [-0.2, 0) is 9.59 Å². The van der Waals surface area contributed by atoms with Crippen molar-refractivity contribution in [1.29, 1.82) is 0 Å². The van der Waals surface area contributed by atoms with Crippen LogP contribution in [0.5, 0.6) is 11.5 Å². The van der Waals surface area contributed by atoms with Gasteiger partial charge in [0.15, 0.2) is 0 Å². The Balaban J connectivity index is 1.64. The molecule has 0 bridgehead atoms. The van der Waals surface area contributed by atoms with Gasteiger partial charge in [-0.3, -0.25) is 0 Å². The highest BCUT2D eigenvalue weighted by molar-refractivity contribution is 6.03. The van der Waals surface area contributed by atoms with Gasteiger partial charge in [-0.1, -0.05) is 86.6 Å². The number of esters is 2. The Hall–Kier alpha value is -3.92. The zero-order valence-corrected chi connectivity index (χ0v) is 18.1. The molecule has 0 amide bonds. The van der Waals surface area contributed by atoms with Gasteiger partial charge in [0.25, 0.3) is 0 Å². The summed E-state index contributed by atoms with van der Waals surface area (Å²) in [7, 11) is 0. The van der Waals surface area contributed by atoms with Crippen LogP contribution in [0.4, 0.5) is 0 Å². The quantitative estimate of drug-likeness (QED) is 0.198. The largest absolute Gasteiger partial charge is 0.422 e. The molecule has 4 rings (SSSR count). The fourth-order valence-electron chi connectivity index (χ4n) is 3.85. The third-order valence-electron chi connectivity index (χ3n) is 5.47. The van der Waals surface area contributed by atoms with Crippen molar-refractivity contribution >= 4 is 33.5 Å². The summed E-state index contributed by atoms with van der Waals surface area (Å²) in [6.07, 6.45) is 0.717. The van der Waals surface area contributed by atoms with E-state index < -0.39 is 11.9 Å². The highest BCUT2D eigenvalue weighted by Crippen LogP contribution is 2.29. The molecule has 0 saturated heterocycles. The normalized spacial score (nSPS) is 11.8. The van der Waals surface area contributed by atoms with E-state index in [2.05, 4.69) is 0 Å². The lowest BCUT2D eigenvalue weighted by atomic mass is 10.0. The first-order chi connectivity index (χ1) is 15.6. The SMILES string of the molecule is CC/C(C(=O)Oc1cccc2ccccc12)=C(/CC)C(=O)Oc1cccc2ccccc12. The Morgan fingerprint density at radius 3 is 1.34 bits per heavy atom. The molecule has 0 aliphatic heterocycles. The smallest absolute Gasteiger partial charge is 0.339 e. The maximum atomic E-state index is 13.1. The third kappa shape index (κ3) is 4.26. The summed E-state index contributed by atoms with van der Waals surface area (Å²) in [6, 6.07) is 26.5. The van der Waals surface area contributed by atoms with Crippen molar-refractivity contribution in [2.75, 3.05) is 0 Å². The van der Waals surface area contributed by atoms with E-state index in [1.54, 1.807) is 12.1 Å². The fourth-order valence-corrected chi connectivity index (χ4v) is 3.85. The Morgan fingerprint density at radius 1 is 0.562 bits per heavy atom. The molecule has 0 N–H and O–H groups in total. The summed E-state index contributed by atoms with van der Waals surface area (Å²) >= 11 is 0. The number of fused-ring (bicyclic) bond motifs is 2. The number of benzene rings is 4. The van der Waals surface area contributed by atoms with Crippen LogP contribution >= 0.6 is 0 Å². The molecule has 0 saturated carbocycles. The lowest BCUT2D eigenvalue weighted by molar-refractivity contribution is -0.133. The van der Waals surface area contributed by atoms with Crippen LogP contribution in [0, 0.1) is 0 Å². The van der Waals surface area contributed by atoms with E-state index in [4.69, 9.17) is 9.47 Å². The molecule has 32 heavy (non-hydrogen) atoms. The van der Waals surface area contributed by atoms with Gasteiger partial charge in [0.1, 0.15) is 11.5 Å². The molecule has 4 aromatic carbocycles. The van der Waals surface area contributed by atoms with Gasteiger partial charge in [0.05, 0.1) is 0 Å². The van der Waals surface area contributed by atoms with Crippen molar-refractivity contribution in [2.45, 2.75) is 26.7 Å². The Morgan fingerprint density at radius 2 is 0.938 bits per heavy atom. The molecule has 160 valence electrons. The van der Waals surface area contributed by atoms with Crippen LogP contribution in [0.2, 0.25) is 0 Å². The summed E-state index contributed by atoms with van der Waals surface area (Å²) in [5.74, 6) is -0.125. The first-order valence-electron chi connectivity index (χ1n) is 10.7. The lowest BCUT2D eigenvalue weighted by Crippen LogP contribution is -2.19. The van der Waals surface area contributed by atoms with Crippen LogP contribution in [0.1, 0.15) is 26.7 Å². The summed E-state index contributed by atoms with van der Waals surface area (Å²) in [4.78, 5) is 26.1. The minimum atomic E-state index is -0.532. The van der Waals surface area contributed by atoms with Gasteiger partial charge in [-0.25, -0.2) is 9.59 Å². The molecule has 0 spiro atoms. The second-order valence-electron chi connectivity index (χ2n) is 7.40. The summed E-state index contributed by atoms with van der Waals surface area (Å²) in [5, 5.41) is 3.64. The summed E-state index contributed by atoms with van der Waals surface area (Å²) in [5.41, 5.74) is 0.649. The van der Waals surface area contributed by atoms with E-state index in [9.17, 15) is 9.59 Å². The molecule has 0 radical (unpaired) electrons. The first kappa shape index (κ1) is 21.3. The zero-order chi connectivity index (χ0) is 22.5. The van der Waals surface area contributed by atoms with Gasteiger partial charge in [-0.2, -0.15) is 0 Å². The van der Waals surface area contributed by atoms with Gasteiger partial charge in [0.2, 0.25) is 0 Å².